The molecular formula is C7H6N4O. The lowest BCUT2D eigenvalue weighted by Gasteiger charge is -1.93. The van der Waals surface area contributed by atoms with Gasteiger partial charge in [0.2, 0.25) is 0 Å². The molecule has 0 aliphatic heterocycles. The highest BCUT2D eigenvalue weighted by Gasteiger charge is 1.99. The molecular weight excluding hydrogens is 156 g/mol. The second kappa shape index (κ2) is 2.37. The molecule has 0 aliphatic rings. The molecule has 1 N–H and O–H groups in total. The standard InChI is InChI=1S/C7H6N4O/c1-4-8-2-5-6(11-4)9-3-10-7(5)12/h2-3H,1H3,(H,8,9,10,11,12). The van der Waals surface area contributed by atoms with E-state index in [4.69, 9.17) is 0 Å². The molecule has 0 spiro atoms. The number of aromatic amines is 1. The zero-order valence-corrected chi connectivity index (χ0v) is 6.40. The fourth-order valence-corrected chi connectivity index (χ4v) is 0.946. The van der Waals surface area contributed by atoms with E-state index in [1.165, 1.54) is 12.5 Å². The van der Waals surface area contributed by atoms with E-state index in [9.17, 15) is 4.79 Å². The van der Waals surface area contributed by atoms with Crippen molar-refractivity contribution in [3.05, 3.63) is 28.7 Å². The number of rotatable bonds is 0. The number of aryl methyl sites for hydroxylation is 1. The van der Waals surface area contributed by atoms with Gasteiger partial charge in [-0.2, -0.15) is 0 Å². The molecule has 0 saturated carbocycles. The average Bonchev–Trinajstić information content (AvgIpc) is 2.04. The molecule has 5 heteroatoms. The lowest BCUT2D eigenvalue weighted by atomic mass is 10.4. The van der Waals surface area contributed by atoms with Gasteiger partial charge in [-0.05, 0) is 6.92 Å². The second-order valence-corrected chi connectivity index (χ2v) is 2.39. The van der Waals surface area contributed by atoms with Gasteiger partial charge in [0.25, 0.3) is 5.56 Å². The smallest absolute Gasteiger partial charge is 0.261 e. The van der Waals surface area contributed by atoms with Crippen LogP contribution in [0.2, 0.25) is 0 Å². The summed E-state index contributed by atoms with van der Waals surface area (Å²) in [6, 6.07) is 0. The number of aromatic nitrogens is 4. The number of H-pyrrole nitrogens is 1. The molecule has 5 nitrogen and oxygen atoms in total. The fourth-order valence-electron chi connectivity index (χ4n) is 0.946. The van der Waals surface area contributed by atoms with E-state index in [0.717, 1.165) is 0 Å². The first-order valence-corrected chi connectivity index (χ1v) is 3.44. The maximum Gasteiger partial charge on any atom is 0.261 e. The third-order valence-electron chi connectivity index (χ3n) is 1.52. The van der Waals surface area contributed by atoms with Crippen molar-refractivity contribution >= 4 is 11.0 Å². The largest absolute Gasteiger partial charge is 0.312 e. The number of nitrogens with zero attached hydrogens (tertiary/aromatic N) is 3. The predicted octanol–water partition coefficient (Wildman–Crippen LogP) is 0.0215. The summed E-state index contributed by atoms with van der Waals surface area (Å²) in [4.78, 5) is 25.3. The van der Waals surface area contributed by atoms with Crippen LogP contribution in [-0.4, -0.2) is 19.9 Å². The van der Waals surface area contributed by atoms with Crippen LogP contribution in [0.5, 0.6) is 0 Å². The minimum atomic E-state index is -0.208. The SMILES string of the molecule is Cc1ncc2c(=O)[nH]cnc2n1. The van der Waals surface area contributed by atoms with Crippen molar-refractivity contribution < 1.29 is 0 Å². The van der Waals surface area contributed by atoms with Crippen molar-refractivity contribution in [3.63, 3.8) is 0 Å². The van der Waals surface area contributed by atoms with Gasteiger partial charge in [0.15, 0.2) is 5.65 Å². The van der Waals surface area contributed by atoms with Gasteiger partial charge < -0.3 is 4.98 Å². The van der Waals surface area contributed by atoms with Gasteiger partial charge in [-0.1, -0.05) is 0 Å². The quantitative estimate of drug-likeness (QED) is 0.592. The summed E-state index contributed by atoms with van der Waals surface area (Å²) in [7, 11) is 0. The van der Waals surface area contributed by atoms with Crippen LogP contribution in [0, 0.1) is 6.92 Å². The summed E-state index contributed by atoms with van der Waals surface area (Å²) in [5, 5.41) is 0.420. The first kappa shape index (κ1) is 6.90. The Kier molecular flexibility index (Phi) is 1.36. The molecule has 2 aromatic rings. The van der Waals surface area contributed by atoms with Gasteiger partial charge in [0, 0.05) is 6.20 Å². The Bertz CT molecular complexity index is 476. The summed E-state index contributed by atoms with van der Waals surface area (Å²) < 4.78 is 0. The van der Waals surface area contributed by atoms with Gasteiger partial charge in [-0.15, -0.1) is 0 Å². The molecule has 0 amide bonds. The van der Waals surface area contributed by atoms with Crippen LogP contribution in [0.3, 0.4) is 0 Å². The Hall–Kier alpha value is -1.78. The molecule has 0 aromatic carbocycles. The van der Waals surface area contributed by atoms with Crippen molar-refractivity contribution in [2.75, 3.05) is 0 Å². The van der Waals surface area contributed by atoms with Crippen LogP contribution in [0.1, 0.15) is 5.82 Å². The van der Waals surface area contributed by atoms with E-state index >= 15 is 0 Å². The van der Waals surface area contributed by atoms with Gasteiger partial charge in [0.1, 0.15) is 11.2 Å². The lowest BCUT2D eigenvalue weighted by Crippen LogP contribution is -2.08. The molecule has 0 saturated heterocycles. The Labute approximate surface area is 67.5 Å². The zero-order valence-electron chi connectivity index (χ0n) is 6.40. The Morgan fingerprint density at radius 3 is 3.08 bits per heavy atom. The van der Waals surface area contributed by atoms with Crippen LogP contribution in [-0.2, 0) is 0 Å². The van der Waals surface area contributed by atoms with Crippen molar-refractivity contribution in [1.29, 1.82) is 0 Å². The minimum absolute atomic E-state index is 0.208. The maximum absolute atomic E-state index is 11.1. The summed E-state index contributed by atoms with van der Waals surface area (Å²) in [6.45, 7) is 1.75. The third-order valence-corrected chi connectivity index (χ3v) is 1.52. The maximum atomic E-state index is 11.1. The van der Waals surface area contributed by atoms with Gasteiger partial charge in [-0.3, -0.25) is 4.79 Å². The van der Waals surface area contributed by atoms with Crippen LogP contribution in [0.15, 0.2) is 17.3 Å². The highest BCUT2D eigenvalue weighted by Crippen LogP contribution is 1.98. The molecule has 0 fully saturated rings. The summed E-state index contributed by atoms with van der Waals surface area (Å²) in [5.74, 6) is 0.612. The van der Waals surface area contributed by atoms with Crippen LogP contribution in [0.25, 0.3) is 11.0 Å². The van der Waals surface area contributed by atoms with E-state index in [1.54, 1.807) is 6.92 Å². The molecule has 0 atom stereocenters. The van der Waals surface area contributed by atoms with Gasteiger partial charge in [-0.25, -0.2) is 15.0 Å². The van der Waals surface area contributed by atoms with Crippen LogP contribution < -0.4 is 5.56 Å². The molecule has 12 heavy (non-hydrogen) atoms. The van der Waals surface area contributed by atoms with Gasteiger partial charge in [0.05, 0.1) is 6.33 Å². The minimum Gasteiger partial charge on any atom is -0.312 e. The summed E-state index contributed by atoms with van der Waals surface area (Å²) in [5.41, 5.74) is 0.228. The van der Waals surface area contributed by atoms with Crippen molar-refractivity contribution in [2.24, 2.45) is 0 Å². The zero-order chi connectivity index (χ0) is 8.55. The molecule has 0 radical (unpaired) electrons. The Balaban J connectivity index is 2.96. The Morgan fingerprint density at radius 1 is 1.42 bits per heavy atom. The molecule has 0 unspecified atom stereocenters. The fraction of sp³-hybridized carbons (Fsp3) is 0.143. The third kappa shape index (κ3) is 0.952. The predicted molar refractivity (Wildman–Crippen MR) is 42.7 cm³/mol. The molecule has 0 bridgehead atoms. The van der Waals surface area contributed by atoms with E-state index in [2.05, 4.69) is 19.9 Å². The number of nitrogens with one attached hydrogen (secondary N) is 1. The van der Waals surface area contributed by atoms with E-state index in [1.807, 2.05) is 0 Å². The highest BCUT2D eigenvalue weighted by atomic mass is 16.1. The van der Waals surface area contributed by atoms with Crippen molar-refractivity contribution in [1.82, 2.24) is 19.9 Å². The summed E-state index contributed by atoms with van der Waals surface area (Å²) >= 11 is 0. The van der Waals surface area contributed by atoms with Gasteiger partial charge >= 0.3 is 0 Å². The Morgan fingerprint density at radius 2 is 2.25 bits per heavy atom. The molecule has 2 aromatic heterocycles. The molecule has 0 aliphatic carbocycles. The first-order valence-electron chi connectivity index (χ1n) is 3.44. The van der Waals surface area contributed by atoms with Crippen molar-refractivity contribution in [2.45, 2.75) is 6.92 Å². The number of hydrogen-bond donors (Lipinski definition) is 1. The van der Waals surface area contributed by atoms with Crippen LogP contribution >= 0.6 is 0 Å². The lowest BCUT2D eigenvalue weighted by molar-refractivity contribution is 1.05. The average molecular weight is 162 g/mol. The normalized spacial score (nSPS) is 10.4. The number of fused-ring (bicyclic) bond motifs is 1. The van der Waals surface area contributed by atoms with E-state index < -0.39 is 0 Å². The van der Waals surface area contributed by atoms with Crippen molar-refractivity contribution in [3.8, 4) is 0 Å². The van der Waals surface area contributed by atoms with Crippen LogP contribution in [0.4, 0.5) is 0 Å². The topological polar surface area (TPSA) is 71.5 Å². The summed E-state index contributed by atoms with van der Waals surface area (Å²) in [6.07, 6.45) is 2.81. The molecule has 2 rings (SSSR count). The van der Waals surface area contributed by atoms with E-state index in [-0.39, 0.29) is 5.56 Å². The first-order chi connectivity index (χ1) is 5.77. The molecule has 2 heterocycles. The monoisotopic (exact) mass is 162 g/mol. The van der Waals surface area contributed by atoms with E-state index in [0.29, 0.717) is 16.9 Å². The number of hydrogen-bond acceptors (Lipinski definition) is 4. The molecule has 60 valence electrons. The highest BCUT2D eigenvalue weighted by molar-refractivity contribution is 5.71. The second-order valence-electron chi connectivity index (χ2n) is 2.39.